The number of terminal acetylenes is 1. The van der Waals surface area contributed by atoms with Gasteiger partial charge >= 0.3 is 0 Å². The van der Waals surface area contributed by atoms with E-state index in [4.69, 9.17) is 6.42 Å². The van der Waals surface area contributed by atoms with E-state index in [0.29, 0.717) is 0 Å². The highest BCUT2D eigenvalue weighted by Crippen LogP contribution is 1.82. The molecule has 0 aromatic heterocycles. The molecule has 0 aromatic rings. The molecular weight excluding hydrogens is 108 g/mol. The minimum Gasteiger partial charge on any atom is -0.229 e. The van der Waals surface area contributed by atoms with E-state index < -0.39 is 0 Å². The van der Waals surface area contributed by atoms with E-state index in [1.807, 2.05) is 0 Å². The van der Waals surface area contributed by atoms with Gasteiger partial charge in [-0.15, -0.1) is 0 Å². The second kappa shape index (κ2) is 3.55. The van der Waals surface area contributed by atoms with Crippen LogP contribution in [0.3, 0.4) is 0 Å². The van der Waals surface area contributed by atoms with Gasteiger partial charge in [0.2, 0.25) is 5.41 Å². The Bertz CT molecular complexity index is 128. The maximum atomic E-state index is 9.50. The summed E-state index contributed by atoms with van der Waals surface area (Å²) in [7, 11) is -0.298. The second-order valence-electron chi connectivity index (χ2n) is 0.911. The third kappa shape index (κ3) is 3.18. The topological polar surface area (TPSA) is 17.1 Å². The summed E-state index contributed by atoms with van der Waals surface area (Å²) in [4.78, 5) is 9.50. The maximum Gasteiger partial charge on any atom is 0.216 e. The summed E-state index contributed by atoms with van der Waals surface area (Å²) in [6.07, 6.45) is 6.69. The zero-order valence-corrected chi connectivity index (χ0v) is 4.79. The normalized spacial score (nSPS) is 10.9. The summed E-state index contributed by atoms with van der Waals surface area (Å²) >= 11 is 0. The summed E-state index contributed by atoms with van der Waals surface area (Å²) in [5, 5.41) is 3.71. The predicted molar refractivity (Wildman–Crippen MR) is 32.4 cm³/mol. The molecule has 1 atom stereocenters. The molecule has 0 aromatic carbocycles. The van der Waals surface area contributed by atoms with Crippen LogP contribution in [0.1, 0.15) is 0 Å². The molecule has 0 spiro atoms. The van der Waals surface area contributed by atoms with Crippen LogP contribution in [-0.4, -0.2) is 12.2 Å². The molecule has 1 nitrogen and oxygen atoms in total. The van der Waals surface area contributed by atoms with Gasteiger partial charge in [0, 0.05) is 0 Å². The van der Waals surface area contributed by atoms with E-state index >= 15 is 0 Å². The SMILES string of the molecule is C#C[S+](C)C=C=O. The van der Waals surface area contributed by atoms with Gasteiger partial charge in [0.15, 0.2) is 11.2 Å². The van der Waals surface area contributed by atoms with Gasteiger partial charge in [0.25, 0.3) is 0 Å². The van der Waals surface area contributed by atoms with Gasteiger partial charge < -0.3 is 0 Å². The monoisotopic (exact) mass is 113 g/mol. The molecule has 1 unspecified atom stereocenters. The minimum absolute atomic E-state index is 0.298. The predicted octanol–water partition coefficient (Wildman–Crippen LogP) is 0.170. The quantitative estimate of drug-likeness (QED) is 0.269. The zero-order valence-electron chi connectivity index (χ0n) is 3.97. The highest BCUT2D eigenvalue weighted by molar-refractivity contribution is 8.03. The van der Waals surface area contributed by atoms with E-state index in [0.717, 1.165) is 0 Å². The summed E-state index contributed by atoms with van der Waals surface area (Å²) in [5.41, 5.74) is 0. The van der Waals surface area contributed by atoms with Crippen LogP contribution < -0.4 is 0 Å². The van der Waals surface area contributed by atoms with E-state index in [1.54, 1.807) is 12.2 Å². The van der Waals surface area contributed by atoms with Crippen molar-refractivity contribution in [2.24, 2.45) is 0 Å². The van der Waals surface area contributed by atoms with Gasteiger partial charge in [-0.25, -0.2) is 4.79 Å². The lowest BCUT2D eigenvalue weighted by molar-refractivity contribution is 0.569. The Hall–Kier alpha value is -0.640. The molecule has 7 heavy (non-hydrogen) atoms. The highest BCUT2D eigenvalue weighted by Gasteiger charge is 1.97. The molecule has 0 radical (unpaired) electrons. The zero-order chi connectivity index (χ0) is 5.70. The Labute approximate surface area is 45.8 Å². The van der Waals surface area contributed by atoms with Crippen LogP contribution in [0.25, 0.3) is 0 Å². The molecule has 36 valence electrons. The van der Waals surface area contributed by atoms with Gasteiger partial charge in [-0.05, 0) is 0 Å². The average Bonchev–Trinajstić information content (AvgIpc) is 1.68. The van der Waals surface area contributed by atoms with Crippen molar-refractivity contribution in [2.75, 3.05) is 6.26 Å². The Kier molecular flexibility index (Phi) is 3.22. The molecule has 0 bridgehead atoms. The van der Waals surface area contributed by atoms with Crippen molar-refractivity contribution in [1.29, 1.82) is 0 Å². The van der Waals surface area contributed by atoms with E-state index in [-0.39, 0.29) is 10.9 Å². The largest absolute Gasteiger partial charge is 0.229 e. The fourth-order valence-corrected chi connectivity index (χ4v) is 0.319. The van der Waals surface area contributed by atoms with Gasteiger partial charge in [-0.3, -0.25) is 0 Å². The summed E-state index contributed by atoms with van der Waals surface area (Å²) in [6, 6.07) is 0. The van der Waals surface area contributed by atoms with Crippen molar-refractivity contribution in [3.05, 3.63) is 5.41 Å². The molecule has 0 fully saturated rings. The van der Waals surface area contributed by atoms with Crippen LogP contribution >= 0.6 is 0 Å². The molecule has 0 heterocycles. The molecule has 0 saturated heterocycles. The number of carbonyl (C=O) groups excluding carboxylic acids is 1. The summed E-state index contributed by atoms with van der Waals surface area (Å²) < 4.78 is 0. The fourth-order valence-electron chi connectivity index (χ4n) is 0.106. The van der Waals surface area contributed by atoms with Crippen LogP contribution in [0.2, 0.25) is 0 Å². The van der Waals surface area contributed by atoms with Gasteiger partial charge in [-0.1, -0.05) is 6.42 Å². The van der Waals surface area contributed by atoms with Crippen molar-refractivity contribution in [3.63, 3.8) is 0 Å². The summed E-state index contributed by atoms with van der Waals surface area (Å²) in [6.45, 7) is 0. The first-order valence-corrected chi connectivity index (χ1v) is 3.33. The smallest absolute Gasteiger partial charge is 0.216 e. The Morgan fingerprint density at radius 1 is 1.86 bits per heavy atom. The fraction of sp³-hybridized carbons (Fsp3) is 0.200. The van der Waals surface area contributed by atoms with Crippen molar-refractivity contribution in [1.82, 2.24) is 0 Å². The molecule has 0 saturated carbocycles. The molecular formula is C5H5OS+. The third-order valence-corrected chi connectivity index (χ3v) is 1.23. The first-order chi connectivity index (χ1) is 3.31. The van der Waals surface area contributed by atoms with Crippen LogP contribution in [-0.2, 0) is 15.7 Å². The first-order valence-electron chi connectivity index (χ1n) is 1.63. The Balaban J connectivity index is 3.64. The third-order valence-electron chi connectivity index (χ3n) is 0.411. The van der Waals surface area contributed by atoms with Crippen LogP contribution in [0.4, 0.5) is 0 Å². The van der Waals surface area contributed by atoms with E-state index in [9.17, 15) is 4.79 Å². The molecule has 0 aliphatic carbocycles. The van der Waals surface area contributed by atoms with E-state index in [1.165, 1.54) is 5.41 Å². The summed E-state index contributed by atoms with van der Waals surface area (Å²) in [5.74, 6) is 1.61. The van der Waals surface area contributed by atoms with E-state index in [2.05, 4.69) is 5.25 Å². The number of rotatable bonds is 1. The number of hydrogen-bond donors (Lipinski definition) is 0. The Morgan fingerprint density at radius 2 is 2.43 bits per heavy atom. The highest BCUT2D eigenvalue weighted by atomic mass is 32.2. The van der Waals surface area contributed by atoms with Gasteiger partial charge in [-0.2, -0.15) is 0 Å². The standard InChI is InChI=1S/C5H5OS/c1-3-7(2)5-4-6/h1,5H,2H3/q+1. The molecule has 0 aliphatic rings. The van der Waals surface area contributed by atoms with Crippen molar-refractivity contribution in [2.45, 2.75) is 0 Å². The van der Waals surface area contributed by atoms with Crippen molar-refractivity contribution >= 4 is 16.8 Å². The molecule has 2 heteroatoms. The second-order valence-corrected chi connectivity index (χ2v) is 2.50. The molecule has 0 aliphatic heterocycles. The van der Waals surface area contributed by atoms with Crippen LogP contribution in [0.15, 0.2) is 5.41 Å². The number of hydrogen-bond acceptors (Lipinski definition) is 1. The molecule has 0 N–H and O–H groups in total. The van der Waals surface area contributed by atoms with Crippen molar-refractivity contribution < 1.29 is 4.79 Å². The first kappa shape index (κ1) is 6.36. The van der Waals surface area contributed by atoms with Crippen LogP contribution in [0, 0.1) is 11.7 Å². The minimum atomic E-state index is -0.298. The van der Waals surface area contributed by atoms with Crippen LogP contribution in [0.5, 0.6) is 0 Å². The van der Waals surface area contributed by atoms with Gasteiger partial charge in [0.1, 0.15) is 17.2 Å². The molecule has 0 amide bonds. The van der Waals surface area contributed by atoms with Gasteiger partial charge in [0.05, 0.1) is 0 Å². The lowest BCUT2D eigenvalue weighted by Crippen LogP contribution is -1.84. The van der Waals surface area contributed by atoms with Crippen molar-refractivity contribution in [3.8, 4) is 11.7 Å². The lowest BCUT2D eigenvalue weighted by Gasteiger charge is -1.69. The lowest BCUT2D eigenvalue weighted by atomic mass is 11.2. The maximum absolute atomic E-state index is 9.50. The molecule has 0 rings (SSSR count). The average molecular weight is 113 g/mol. The Morgan fingerprint density at radius 3 is 2.57 bits per heavy atom.